The molecule has 0 radical (unpaired) electrons. The number of hydrogen-bond donors (Lipinski definition) is 0. The summed E-state index contributed by atoms with van der Waals surface area (Å²) in [5.74, 6) is 0.556. The van der Waals surface area contributed by atoms with Gasteiger partial charge in [0, 0.05) is 25.6 Å². The first-order valence-electron chi connectivity index (χ1n) is 10.0. The second-order valence-electron chi connectivity index (χ2n) is 7.52. The SMILES string of the molecule is O=C(COc1ccc(F)c(Cl)c1)N1CCCC(c2ncc(Cc3cccc(F)c3)o2)C1. The Bertz CT molecular complexity index is 1070. The summed E-state index contributed by atoms with van der Waals surface area (Å²) in [6.45, 7) is 0.942. The number of amides is 1. The van der Waals surface area contributed by atoms with E-state index < -0.39 is 5.82 Å². The van der Waals surface area contributed by atoms with Crippen LogP contribution >= 0.6 is 11.6 Å². The normalized spacial score (nSPS) is 16.4. The molecule has 2 heterocycles. The Balaban J connectivity index is 1.34. The molecular formula is C23H21ClF2N2O3. The van der Waals surface area contributed by atoms with Crippen LogP contribution in [-0.4, -0.2) is 35.5 Å². The fraction of sp³-hybridized carbons (Fsp3) is 0.304. The molecule has 0 spiro atoms. The van der Waals surface area contributed by atoms with Crippen LogP contribution in [-0.2, 0) is 11.2 Å². The highest BCUT2D eigenvalue weighted by Gasteiger charge is 2.28. The minimum atomic E-state index is -0.540. The van der Waals surface area contributed by atoms with Crippen molar-refractivity contribution in [2.45, 2.75) is 25.2 Å². The fourth-order valence-corrected chi connectivity index (χ4v) is 3.82. The molecule has 1 aliphatic heterocycles. The Labute approximate surface area is 183 Å². The third-order valence-electron chi connectivity index (χ3n) is 5.22. The van der Waals surface area contributed by atoms with Crippen molar-refractivity contribution in [2.75, 3.05) is 19.7 Å². The summed E-state index contributed by atoms with van der Waals surface area (Å²) < 4.78 is 38.0. The van der Waals surface area contributed by atoms with Crippen LogP contribution in [0.1, 0.15) is 36.0 Å². The van der Waals surface area contributed by atoms with Crippen molar-refractivity contribution in [1.82, 2.24) is 9.88 Å². The number of hydrogen-bond acceptors (Lipinski definition) is 4. The van der Waals surface area contributed by atoms with Crippen molar-refractivity contribution in [3.63, 3.8) is 0 Å². The van der Waals surface area contributed by atoms with E-state index in [0.29, 0.717) is 36.9 Å². The van der Waals surface area contributed by atoms with E-state index in [9.17, 15) is 13.6 Å². The smallest absolute Gasteiger partial charge is 0.260 e. The maximum absolute atomic E-state index is 13.4. The van der Waals surface area contributed by atoms with Crippen LogP contribution in [0.5, 0.6) is 5.75 Å². The molecule has 0 bridgehead atoms. The zero-order valence-electron chi connectivity index (χ0n) is 16.7. The van der Waals surface area contributed by atoms with E-state index in [2.05, 4.69) is 4.98 Å². The van der Waals surface area contributed by atoms with Gasteiger partial charge in [0.1, 0.15) is 23.1 Å². The van der Waals surface area contributed by atoms with Gasteiger partial charge in [0.25, 0.3) is 5.91 Å². The number of rotatable bonds is 6. The number of carbonyl (C=O) groups is 1. The average Bonchev–Trinajstić information content (AvgIpc) is 3.23. The highest BCUT2D eigenvalue weighted by atomic mass is 35.5. The lowest BCUT2D eigenvalue weighted by molar-refractivity contribution is -0.134. The van der Waals surface area contributed by atoms with Gasteiger partial charge in [-0.2, -0.15) is 0 Å². The number of ether oxygens (including phenoxy) is 1. The van der Waals surface area contributed by atoms with Crippen molar-refractivity contribution in [3.8, 4) is 5.75 Å². The maximum Gasteiger partial charge on any atom is 0.260 e. The zero-order chi connectivity index (χ0) is 21.8. The summed E-state index contributed by atoms with van der Waals surface area (Å²) in [6.07, 6.45) is 3.79. The van der Waals surface area contributed by atoms with Gasteiger partial charge in [-0.15, -0.1) is 0 Å². The van der Waals surface area contributed by atoms with E-state index in [-0.39, 0.29) is 29.3 Å². The summed E-state index contributed by atoms with van der Waals surface area (Å²) in [5, 5.41) is -0.0547. The zero-order valence-corrected chi connectivity index (χ0v) is 17.4. The fourth-order valence-electron chi connectivity index (χ4n) is 3.65. The molecule has 31 heavy (non-hydrogen) atoms. The predicted molar refractivity (Wildman–Crippen MR) is 111 cm³/mol. The van der Waals surface area contributed by atoms with Crippen molar-refractivity contribution < 1.29 is 22.7 Å². The van der Waals surface area contributed by atoms with Gasteiger partial charge in [0.15, 0.2) is 12.5 Å². The predicted octanol–water partition coefficient (Wildman–Crippen LogP) is 4.98. The van der Waals surface area contributed by atoms with Crippen LogP contribution in [0.2, 0.25) is 5.02 Å². The number of piperidine rings is 1. The Morgan fingerprint density at radius 2 is 2.13 bits per heavy atom. The van der Waals surface area contributed by atoms with Gasteiger partial charge in [-0.1, -0.05) is 23.7 Å². The highest BCUT2D eigenvalue weighted by Crippen LogP contribution is 2.28. The van der Waals surface area contributed by atoms with Crippen LogP contribution in [0.15, 0.2) is 53.1 Å². The summed E-state index contributed by atoms with van der Waals surface area (Å²) in [6, 6.07) is 10.3. The molecule has 5 nitrogen and oxygen atoms in total. The average molecular weight is 447 g/mol. The van der Waals surface area contributed by atoms with Gasteiger partial charge < -0.3 is 14.1 Å². The molecule has 162 valence electrons. The molecule has 1 unspecified atom stereocenters. The number of nitrogens with zero attached hydrogens (tertiary/aromatic N) is 2. The Hall–Kier alpha value is -2.93. The number of benzene rings is 2. The minimum absolute atomic E-state index is 0.0146. The summed E-state index contributed by atoms with van der Waals surface area (Å²) >= 11 is 5.74. The highest BCUT2D eigenvalue weighted by molar-refractivity contribution is 6.30. The van der Waals surface area contributed by atoms with E-state index in [4.69, 9.17) is 20.8 Å². The van der Waals surface area contributed by atoms with Crippen molar-refractivity contribution in [3.05, 3.63) is 82.5 Å². The van der Waals surface area contributed by atoms with E-state index in [1.807, 2.05) is 6.07 Å². The molecule has 8 heteroatoms. The monoisotopic (exact) mass is 446 g/mol. The van der Waals surface area contributed by atoms with Gasteiger partial charge in [-0.3, -0.25) is 4.79 Å². The van der Waals surface area contributed by atoms with Crippen molar-refractivity contribution in [2.24, 2.45) is 0 Å². The molecule has 4 rings (SSSR count). The van der Waals surface area contributed by atoms with Gasteiger partial charge >= 0.3 is 0 Å². The second-order valence-corrected chi connectivity index (χ2v) is 7.92. The molecule has 0 saturated carbocycles. The minimum Gasteiger partial charge on any atom is -0.484 e. The first-order chi connectivity index (χ1) is 15.0. The van der Waals surface area contributed by atoms with Crippen molar-refractivity contribution in [1.29, 1.82) is 0 Å². The van der Waals surface area contributed by atoms with Gasteiger partial charge in [-0.25, -0.2) is 13.8 Å². The van der Waals surface area contributed by atoms with E-state index >= 15 is 0 Å². The largest absolute Gasteiger partial charge is 0.484 e. The van der Waals surface area contributed by atoms with Gasteiger partial charge in [-0.05, 0) is 42.7 Å². The van der Waals surface area contributed by atoms with Crippen LogP contribution in [0, 0.1) is 11.6 Å². The standard InChI is InChI=1S/C23H21ClF2N2O3/c24-20-11-18(6-7-21(20)26)30-14-22(29)28-8-2-4-16(13-28)23-27-12-19(31-23)10-15-3-1-5-17(25)9-15/h1,3,5-7,9,11-12,16H,2,4,8,10,13-14H2. The molecule has 2 aromatic carbocycles. The second kappa shape index (κ2) is 9.47. The molecular weight excluding hydrogens is 426 g/mol. The lowest BCUT2D eigenvalue weighted by Gasteiger charge is -2.31. The van der Waals surface area contributed by atoms with Crippen LogP contribution in [0.3, 0.4) is 0 Å². The number of halogens is 3. The molecule has 1 atom stereocenters. The van der Waals surface area contributed by atoms with E-state index in [1.54, 1.807) is 17.2 Å². The van der Waals surface area contributed by atoms with Crippen molar-refractivity contribution >= 4 is 17.5 Å². The molecule has 0 N–H and O–H groups in total. The summed E-state index contributed by atoms with van der Waals surface area (Å²) in [4.78, 5) is 18.7. The molecule has 0 aliphatic carbocycles. The quantitative estimate of drug-likeness (QED) is 0.535. The number of oxazole rings is 1. The Kier molecular flexibility index (Phi) is 6.51. The van der Waals surface area contributed by atoms with E-state index in [0.717, 1.165) is 18.4 Å². The van der Waals surface area contributed by atoms with Gasteiger partial charge in [0.2, 0.25) is 0 Å². The third-order valence-corrected chi connectivity index (χ3v) is 5.51. The number of carbonyl (C=O) groups excluding carboxylic acids is 1. The summed E-state index contributed by atoms with van der Waals surface area (Å²) in [7, 11) is 0. The van der Waals surface area contributed by atoms with Crippen LogP contribution < -0.4 is 4.74 Å². The molecule has 1 aromatic heterocycles. The topological polar surface area (TPSA) is 55.6 Å². The summed E-state index contributed by atoms with van der Waals surface area (Å²) in [5.41, 5.74) is 0.807. The number of likely N-dealkylation sites (tertiary alicyclic amines) is 1. The molecule has 1 fully saturated rings. The maximum atomic E-state index is 13.4. The Morgan fingerprint density at radius 1 is 1.26 bits per heavy atom. The Morgan fingerprint density at radius 3 is 2.94 bits per heavy atom. The van der Waals surface area contributed by atoms with Crippen LogP contribution in [0.25, 0.3) is 0 Å². The van der Waals surface area contributed by atoms with Crippen LogP contribution in [0.4, 0.5) is 8.78 Å². The van der Waals surface area contributed by atoms with Gasteiger partial charge in [0.05, 0.1) is 17.1 Å². The third kappa shape index (κ3) is 5.41. The first kappa shape index (κ1) is 21.3. The molecule has 1 amide bonds. The lowest BCUT2D eigenvalue weighted by atomic mass is 9.98. The molecule has 3 aromatic rings. The molecule has 1 saturated heterocycles. The molecule has 1 aliphatic rings. The first-order valence-corrected chi connectivity index (χ1v) is 10.4. The lowest BCUT2D eigenvalue weighted by Crippen LogP contribution is -2.41. The number of aromatic nitrogens is 1. The van der Waals surface area contributed by atoms with E-state index in [1.165, 1.54) is 30.3 Å².